The third kappa shape index (κ3) is 3.46. The number of benzene rings is 2. The van der Waals surface area contributed by atoms with E-state index in [1.54, 1.807) is 0 Å². The summed E-state index contributed by atoms with van der Waals surface area (Å²) < 4.78 is 6.43. The average Bonchev–Trinajstić information content (AvgIpc) is 2.79. The molecule has 8 heteroatoms. The maximum atomic E-state index is 11.4. The predicted octanol–water partition coefficient (Wildman–Crippen LogP) is 4.08. The Labute approximate surface area is 179 Å². The van der Waals surface area contributed by atoms with Crippen LogP contribution in [0.2, 0.25) is 0 Å². The van der Waals surface area contributed by atoms with Crippen LogP contribution in [0.15, 0.2) is 60.9 Å². The fourth-order valence-electron chi connectivity index (χ4n) is 4.23. The normalized spacial score (nSPS) is 16.6. The first-order valence-electron chi connectivity index (χ1n) is 10.1. The molecule has 0 aliphatic carbocycles. The van der Waals surface area contributed by atoms with Crippen LogP contribution in [-0.4, -0.2) is 33.6 Å². The van der Waals surface area contributed by atoms with Crippen LogP contribution in [0.5, 0.6) is 5.75 Å². The van der Waals surface area contributed by atoms with Crippen molar-refractivity contribution in [1.29, 1.82) is 0 Å². The van der Waals surface area contributed by atoms with E-state index in [4.69, 9.17) is 10.5 Å². The summed E-state index contributed by atoms with van der Waals surface area (Å²) in [6.45, 7) is 1.14. The minimum absolute atomic E-state index is 0.118. The molecule has 5 rings (SSSR count). The Bertz CT molecular complexity index is 1170. The fraction of sp³-hybridized carbons (Fsp3) is 0.217. The number of anilines is 2. The molecule has 156 valence electrons. The molecule has 3 heterocycles. The SMILES string of the molecule is Nc1ncnc(N2CCC3(C=Cc4cc(-c5ccccc5)ccc4O3)CC2)c1[N+](=O)[O-]. The van der Waals surface area contributed by atoms with Gasteiger partial charge in [-0.25, -0.2) is 9.97 Å². The molecule has 2 aliphatic rings. The van der Waals surface area contributed by atoms with E-state index in [0.717, 1.165) is 22.4 Å². The maximum Gasteiger partial charge on any atom is 0.353 e. The molecule has 0 bridgehead atoms. The summed E-state index contributed by atoms with van der Waals surface area (Å²) in [6, 6.07) is 16.5. The molecule has 0 unspecified atom stereocenters. The highest BCUT2D eigenvalue weighted by Gasteiger charge is 2.39. The molecule has 1 fully saturated rings. The van der Waals surface area contributed by atoms with Crippen LogP contribution >= 0.6 is 0 Å². The van der Waals surface area contributed by atoms with E-state index < -0.39 is 10.5 Å². The van der Waals surface area contributed by atoms with Gasteiger partial charge in [0.1, 0.15) is 17.7 Å². The summed E-state index contributed by atoms with van der Waals surface area (Å²) in [7, 11) is 0. The van der Waals surface area contributed by atoms with Crippen molar-refractivity contribution in [2.75, 3.05) is 23.7 Å². The number of nitrogens with two attached hydrogens (primary N) is 1. The third-order valence-corrected chi connectivity index (χ3v) is 5.92. The number of ether oxygens (including phenoxy) is 1. The molecular weight excluding hydrogens is 394 g/mol. The van der Waals surface area contributed by atoms with E-state index >= 15 is 0 Å². The van der Waals surface area contributed by atoms with Gasteiger partial charge in [-0.1, -0.05) is 42.5 Å². The van der Waals surface area contributed by atoms with Crippen molar-refractivity contribution in [2.45, 2.75) is 18.4 Å². The highest BCUT2D eigenvalue weighted by atomic mass is 16.6. The van der Waals surface area contributed by atoms with Gasteiger partial charge in [-0.15, -0.1) is 0 Å². The molecule has 2 N–H and O–H groups in total. The minimum Gasteiger partial charge on any atom is -0.482 e. The number of nitro groups is 1. The Kier molecular flexibility index (Phi) is 4.54. The topological polar surface area (TPSA) is 107 Å². The molecule has 0 radical (unpaired) electrons. The Morgan fingerprint density at radius 2 is 1.84 bits per heavy atom. The highest BCUT2D eigenvalue weighted by molar-refractivity contribution is 5.72. The van der Waals surface area contributed by atoms with Gasteiger partial charge in [0.15, 0.2) is 0 Å². The standard InChI is InChI=1S/C23H21N5O3/c24-21-20(28(29)30)22(26-15-25-21)27-12-10-23(11-13-27)9-8-18-14-17(6-7-19(18)31-23)16-4-2-1-3-5-16/h1-9,14-15H,10-13H2,(H2,24,25,26). The summed E-state index contributed by atoms with van der Waals surface area (Å²) in [5, 5.41) is 11.4. The van der Waals surface area contributed by atoms with Crippen molar-refractivity contribution in [3.05, 3.63) is 76.6 Å². The average molecular weight is 415 g/mol. The van der Waals surface area contributed by atoms with Crippen LogP contribution in [0.25, 0.3) is 17.2 Å². The Morgan fingerprint density at radius 3 is 2.58 bits per heavy atom. The van der Waals surface area contributed by atoms with Crippen molar-refractivity contribution in [2.24, 2.45) is 0 Å². The van der Waals surface area contributed by atoms with Crippen LogP contribution < -0.4 is 15.4 Å². The van der Waals surface area contributed by atoms with Crippen molar-refractivity contribution >= 4 is 23.4 Å². The third-order valence-electron chi connectivity index (χ3n) is 5.92. The summed E-state index contributed by atoms with van der Waals surface area (Å²) >= 11 is 0. The second-order valence-electron chi connectivity index (χ2n) is 7.79. The van der Waals surface area contributed by atoms with Gasteiger partial charge in [0, 0.05) is 31.5 Å². The number of piperidine rings is 1. The minimum atomic E-state index is -0.521. The lowest BCUT2D eigenvalue weighted by molar-refractivity contribution is -0.383. The molecule has 2 aliphatic heterocycles. The lowest BCUT2D eigenvalue weighted by Gasteiger charge is -2.42. The smallest absolute Gasteiger partial charge is 0.353 e. The molecular formula is C23H21N5O3. The van der Waals surface area contributed by atoms with E-state index in [-0.39, 0.29) is 17.3 Å². The molecule has 1 spiro atoms. The second kappa shape index (κ2) is 7.39. The van der Waals surface area contributed by atoms with E-state index in [9.17, 15) is 10.1 Å². The first kappa shape index (κ1) is 19.0. The van der Waals surface area contributed by atoms with Crippen molar-refractivity contribution < 1.29 is 9.66 Å². The Hall–Kier alpha value is -3.94. The molecule has 0 amide bonds. The van der Waals surface area contributed by atoms with Gasteiger partial charge in [0.25, 0.3) is 0 Å². The molecule has 31 heavy (non-hydrogen) atoms. The summed E-state index contributed by atoms with van der Waals surface area (Å²) in [4.78, 5) is 20.7. The molecule has 3 aromatic rings. The quantitative estimate of drug-likeness (QED) is 0.507. The van der Waals surface area contributed by atoms with E-state index in [0.29, 0.717) is 25.9 Å². The van der Waals surface area contributed by atoms with Crippen molar-refractivity contribution in [3.8, 4) is 16.9 Å². The van der Waals surface area contributed by atoms with E-state index in [1.165, 1.54) is 6.33 Å². The van der Waals surface area contributed by atoms with Gasteiger partial charge in [0.05, 0.1) is 4.92 Å². The van der Waals surface area contributed by atoms with Gasteiger partial charge in [-0.3, -0.25) is 10.1 Å². The van der Waals surface area contributed by atoms with Gasteiger partial charge >= 0.3 is 5.69 Å². The summed E-state index contributed by atoms with van der Waals surface area (Å²) in [5.41, 5.74) is 8.41. The number of hydrogen-bond donors (Lipinski definition) is 1. The first-order chi connectivity index (χ1) is 15.0. The lowest BCUT2D eigenvalue weighted by Crippen LogP contribution is -2.48. The number of rotatable bonds is 3. The lowest BCUT2D eigenvalue weighted by atomic mass is 9.87. The van der Waals surface area contributed by atoms with Gasteiger partial charge in [-0.2, -0.15) is 0 Å². The Morgan fingerprint density at radius 1 is 1.06 bits per heavy atom. The van der Waals surface area contributed by atoms with Crippen LogP contribution in [0.1, 0.15) is 18.4 Å². The monoisotopic (exact) mass is 415 g/mol. The number of hydrogen-bond acceptors (Lipinski definition) is 7. The number of nitrogens with zero attached hydrogens (tertiary/aromatic N) is 4. The molecule has 8 nitrogen and oxygen atoms in total. The maximum absolute atomic E-state index is 11.4. The molecule has 0 saturated carbocycles. The molecule has 1 saturated heterocycles. The Balaban J connectivity index is 1.35. The van der Waals surface area contributed by atoms with Crippen LogP contribution in [0, 0.1) is 10.1 Å². The highest BCUT2D eigenvalue weighted by Crippen LogP contribution is 2.40. The summed E-state index contributed by atoms with van der Waals surface area (Å²) in [6.07, 6.45) is 6.87. The zero-order valence-electron chi connectivity index (χ0n) is 16.8. The van der Waals surface area contributed by atoms with Crippen LogP contribution in [0.3, 0.4) is 0 Å². The van der Waals surface area contributed by atoms with E-state index in [2.05, 4.69) is 46.4 Å². The van der Waals surface area contributed by atoms with Crippen LogP contribution in [-0.2, 0) is 0 Å². The number of nitrogen functional groups attached to an aromatic ring is 1. The van der Waals surface area contributed by atoms with Crippen molar-refractivity contribution in [1.82, 2.24) is 9.97 Å². The molecule has 0 atom stereocenters. The zero-order chi connectivity index (χ0) is 21.4. The number of fused-ring (bicyclic) bond motifs is 1. The summed E-state index contributed by atoms with van der Waals surface area (Å²) in [5.74, 6) is 1.00. The van der Waals surface area contributed by atoms with Gasteiger partial charge in [0.2, 0.25) is 11.6 Å². The molecule has 1 aromatic heterocycles. The molecule has 2 aromatic carbocycles. The van der Waals surface area contributed by atoms with Gasteiger partial charge in [-0.05, 0) is 29.3 Å². The van der Waals surface area contributed by atoms with Crippen LogP contribution in [0.4, 0.5) is 17.3 Å². The van der Waals surface area contributed by atoms with E-state index in [1.807, 2.05) is 29.2 Å². The predicted molar refractivity (Wildman–Crippen MR) is 119 cm³/mol. The second-order valence-corrected chi connectivity index (χ2v) is 7.79. The zero-order valence-corrected chi connectivity index (χ0v) is 16.8. The first-order valence-corrected chi connectivity index (χ1v) is 10.1. The van der Waals surface area contributed by atoms with Gasteiger partial charge < -0.3 is 15.4 Å². The number of aromatic nitrogens is 2. The van der Waals surface area contributed by atoms with Crippen molar-refractivity contribution in [3.63, 3.8) is 0 Å². The largest absolute Gasteiger partial charge is 0.482 e. The fourth-order valence-corrected chi connectivity index (χ4v) is 4.23.